The Labute approximate surface area is 147 Å². The van der Waals surface area contributed by atoms with Crippen LogP contribution in [0.1, 0.15) is 10.4 Å². The fourth-order valence-electron chi connectivity index (χ4n) is 2.51. The van der Waals surface area contributed by atoms with Crippen molar-refractivity contribution in [1.29, 1.82) is 0 Å². The van der Waals surface area contributed by atoms with Gasteiger partial charge < -0.3 is 4.90 Å². The van der Waals surface area contributed by atoms with Crippen LogP contribution in [0.15, 0.2) is 64.5 Å². The molecule has 0 radical (unpaired) electrons. The van der Waals surface area contributed by atoms with Crippen molar-refractivity contribution in [2.24, 2.45) is 0 Å². The first-order valence-electron chi connectivity index (χ1n) is 7.11. The van der Waals surface area contributed by atoms with Crippen molar-refractivity contribution < 1.29 is 17.6 Å². The van der Waals surface area contributed by atoms with Crippen LogP contribution in [0.3, 0.4) is 0 Å². The lowest BCUT2D eigenvalue weighted by molar-refractivity contribution is 0.0983. The maximum atomic E-state index is 13.1. The fourth-order valence-corrected chi connectivity index (χ4v) is 4.05. The molecule has 0 bridgehead atoms. The van der Waals surface area contributed by atoms with E-state index in [-0.39, 0.29) is 17.2 Å². The minimum absolute atomic E-state index is 0.171. The lowest BCUT2D eigenvalue weighted by atomic mass is 10.1. The van der Waals surface area contributed by atoms with E-state index in [0.717, 1.165) is 9.88 Å². The highest BCUT2D eigenvalue weighted by molar-refractivity contribution is 9.10. The van der Waals surface area contributed by atoms with Gasteiger partial charge in [0, 0.05) is 21.1 Å². The lowest BCUT2D eigenvalue weighted by Crippen LogP contribution is -2.41. The van der Waals surface area contributed by atoms with Crippen LogP contribution < -0.4 is 4.90 Å². The number of hydrogen-bond acceptors (Lipinski definition) is 3. The molecule has 4 nitrogen and oxygen atoms in total. The standard InChI is InChI=1S/C17H13BrFNO3S/c18-13-3-7-15(8-4-13)20(16-9-10-24(22,23)11-16)17(21)12-1-5-14(19)6-2-12/h1-10,16H,11H2/t16-/m0/s1. The Morgan fingerprint density at radius 1 is 1.08 bits per heavy atom. The van der Waals surface area contributed by atoms with Gasteiger partial charge in [-0.25, -0.2) is 12.8 Å². The first-order chi connectivity index (χ1) is 11.4. The average molecular weight is 410 g/mol. The van der Waals surface area contributed by atoms with Gasteiger partial charge >= 0.3 is 0 Å². The molecule has 1 atom stereocenters. The smallest absolute Gasteiger partial charge is 0.258 e. The van der Waals surface area contributed by atoms with E-state index in [2.05, 4.69) is 15.9 Å². The van der Waals surface area contributed by atoms with Gasteiger partial charge in [0.1, 0.15) is 5.82 Å². The molecule has 1 aliphatic rings. The summed E-state index contributed by atoms with van der Waals surface area (Å²) in [5.74, 6) is -0.995. The molecule has 0 saturated heterocycles. The Morgan fingerprint density at radius 3 is 2.25 bits per heavy atom. The number of nitrogens with zero attached hydrogens (tertiary/aromatic N) is 1. The minimum Gasteiger partial charge on any atom is -0.300 e. The van der Waals surface area contributed by atoms with E-state index in [1.165, 1.54) is 35.2 Å². The molecule has 0 saturated carbocycles. The zero-order valence-corrected chi connectivity index (χ0v) is 14.8. The van der Waals surface area contributed by atoms with Crippen molar-refractivity contribution in [2.45, 2.75) is 6.04 Å². The molecule has 124 valence electrons. The SMILES string of the molecule is O=C(c1ccc(F)cc1)N(c1ccc(Br)cc1)[C@H]1C=CS(=O)(=O)C1. The van der Waals surface area contributed by atoms with E-state index < -0.39 is 21.7 Å². The van der Waals surface area contributed by atoms with Crippen LogP contribution >= 0.6 is 15.9 Å². The molecule has 2 aromatic carbocycles. The van der Waals surface area contributed by atoms with Gasteiger partial charge in [0.05, 0.1) is 11.8 Å². The van der Waals surface area contributed by atoms with Crippen LogP contribution in [0.25, 0.3) is 0 Å². The molecule has 0 fully saturated rings. The summed E-state index contributed by atoms with van der Waals surface area (Å²) in [7, 11) is -3.32. The molecule has 0 unspecified atom stereocenters. The van der Waals surface area contributed by atoms with Gasteiger partial charge in [-0.3, -0.25) is 4.79 Å². The van der Waals surface area contributed by atoms with E-state index in [1.807, 2.05) is 0 Å². The zero-order chi connectivity index (χ0) is 17.3. The second-order valence-corrected chi connectivity index (χ2v) is 8.23. The van der Waals surface area contributed by atoms with Gasteiger partial charge in [0.2, 0.25) is 0 Å². The van der Waals surface area contributed by atoms with Crippen molar-refractivity contribution in [3.8, 4) is 0 Å². The van der Waals surface area contributed by atoms with E-state index in [0.29, 0.717) is 5.69 Å². The van der Waals surface area contributed by atoms with Gasteiger partial charge in [-0.15, -0.1) is 0 Å². The van der Waals surface area contributed by atoms with Crippen LogP contribution in [0.2, 0.25) is 0 Å². The third-order valence-corrected chi connectivity index (χ3v) is 5.56. The van der Waals surface area contributed by atoms with Crippen LogP contribution in [0, 0.1) is 5.82 Å². The molecular weight excluding hydrogens is 397 g/mol. The highest BCUT2D eigenvalue weighted by atomic mass is 79.9. The molecule has 0 aliphatic carbocycles. The molecule has 1 aliphatic heterocycles. The number of carbonyl (C=O) groups is 1. The topological polar surface area (TPSA) is 54.5 Å². The molecule has 1 amide bonds. The molecular formula is C17H13BrFNO3S. The van der Waals surface area contributed by atoms with Gasteiger partial charge in [-0.1, -0.05) is 15.9 Å². The second kappa shape index (κ2) is 6.49. The van der Waals surface area contributed by atoms with E-state index in [9.17, 15) is 17.6 Å². The van der Waals surface area contributed by atoms with Crippen molar-refractivity contribution in [2.75, 3.05) is 10.7 Å². The molecule has 24 heavy (non-hydrogen) atoms. The van der Waals surface area contributed by atoms with Crippen LogP contribution in [-0.4, -0.2) is 26.1 Å². The Morgan fingerprint density at radius 2 is 1.71 bits per heavy atom. The first kappa shape index (κ1) is 16.9. The first-order valence-corrected chi connectivity index (χ1v) is 9.62. The number of benzene rings is 2. The molecule has 0 N–H and O–H groups in total. The normalized spacial score (nSPS) is 18.5. The quantitative estimate of drug-likeness (QED) is 0.778. The Kier molecular flexibility index (Phi) is 4.56. The highest BCUT2D eigenvalue weighted by Gasteiger charge is 2.32. The van der Waals surface area contributed by atoms with Crippen LogP contribution in [0.5, 0.6) is 0 Å². The number of sulfone groups is 1. The van der Waals surface area contributed by atoms with Crippen molar-refractivity contribution in [1.82, 2.24) is 0 Å². The summed E-state index contributed by atoms with van der Waals surface area (Å²) in [6, 6.07) is 11.6. The number of hydrogen-bond donors (Lipinski definition) is 0. The summed E-state index contributed by atoms with van der Waals surface area (Å²) < 4.78 is 37.4. The summed E-state index contributed by atoms with van der Waals surface area (Å²) in [4.78, 5) is 14.3. The summed E-state index contributed by atoms with van der Waals surface area (Å²) in [6.45, 7) is 0. The average Bonchev–Trinajstić information content (AvgIpc) is 2.90. The van der Waals surface area contributed by atoms with Crippen molar-refractivity contribution >= 4 is 37.4 Å². The Bertz CT molecular complexity index is 892. The maximum Gasteiger partial charge on any atom is 0.258 e. The summed E-state index contributed by atoms with van der Waals surface area (Å²) in [5, 5.41) is 1.13. The minimum atomic E-state index is -3.32. The van der Waals surface area contributed by atoms with Gasteiger partial charge in [0.25, 0.3) is 5.91 Å². The Hall–Kier alpha value is -1.99. The molecule has 0 aromatic heterocycles. The third kappa shape index (κ3) is 3.57. The van der Waals surface area contributed by atoms with E-state index in [4.69, 9.17) is 0 Å². The van der Waals surface area contributed by atoms with Gasteiger partial charge in [0.15, 0.2) is 9.84 Å². The molecule has 2 aromatic rings. The van der Waals surface area contributed by atoms with Crippen molar-refractivity contribution in [3.63, 3.8) is 0 Å². The van der Waals surface area contributed by atoms with Gasteiger partial charge in [-0.2, -0.15) is 0 Å². The molecule has 0 spiro atoms. The number of anilines is 1. The zero-order valence-electron chi connectivity index (χ0n) is 12.4. The monoisotopic (exact) mass is 409 g/mol. The van der Waals surface area contributed by atoms with Crippen LogP contribution in [0.4, 0.5) is 10.1 Å². The molecule has 1 heterocycles. The van der Waals surface area contributed by atoms with E-state index >= 15 is 0 Å². The van der Waals surface area contributed by atoms with Crippen molar-refractivity contribution in [3.05, 3.63) is 75.9 Å². The number of amides is 1. The highest BCUT2D eigenvalue weighted by Crippen LogP contribution is 2.26. The molecule has 7 heteroatoms. The Balaban J connectivity index is 2.01. The number of halogens is 2. The van der Waals surface area contributed by atoms with Crippen LogP contribution in [-0.2, 0) is 9.84 Å². The predicted octanol–water partition coefficient (Wildman–Crippen LogP) is 3.55. The summed E-state index contributed by atoms with van der Waals surface area (Å²) in [6.07, 6.45) is 1.50. The molecule has 3 rings (SSSR count). The predicted molar refractivity (Wildman–Crippen MR) is 94.1 cm³/mol. The number of carbonyl (C=O) groups excluding carboxylic acids is 1. The second-order valence-electron chi connectivity index (χ2n) is 5.38. The summed E-state index contributed by atoms with van der Waals surface area (Å²) in [5.41, 5.74) is 0.858. The maximum absolute atomic E-state index is 13.1. The summed E-state index contributed by atoms with van der Waals surface area (Å²) >= 11 is 3.33. The number of rotatable bonds is 3. The third-order valence-electron chi connectivity index (χ3n) is 3.66. The fraction of sp³-hybridized carbons (Fsp3) is 0.118. The largest absolute Gasteiger partial charge is 0.300 e. The van der Waals surface area contributed by atoms with E-state index in [1.54, 1.807) is 24.3 Å². The lowest BCUT2D eigenvalue weighted by Gasteiger charge is -2.28. The van der Waals surface area contributed by atoms with Gasteiger partial charge in [-0.05, 0) is 54.6 Å².